The van der Waals surface area contributed by atoms with Crippen LogP contribution in [0.15, 0.2) is 108 Å². The van der Waals surface area contributed by atoms with Crippen molar-refractivity contribution in [2.75, 3.05) is 0 Å². The molecule has 0 saturated carbocycles. The number of amides is 1. The standard InChI is InChI=1S/C29H20N6O4/c30-18-26(21-9-6-10-23(17-21)35(38)39)32-33-28(36)20-13-15-22(16-14-20)34-27(19-7-2-1-3-8-19)31-25-12-5-4-11-24(25)29(34)37/h1-17,26,32H,(H,33,36). The average molecular weight is 517 g/mol. The molecule has 1 heterocycles. The zero-order valence-corrected chi connectivity index (χ0v) is 20.3. The minimum absolute atomic E-state index is 0.162. The van der Waals surface area contributed by atoms with E-state index in [0.717, 1.165) is 5.56 Å². The number of hydrogen-bond donors (Lipinski definition) is 2. The topological polar surface area (TPSA) is 143 Å². The van der Waals surface area contributed by atoms with Gasteiger partial charge >= 0.3 is 0 Å². The van der Waals surface area contributed by atoms with Crippen LogP contribution in [0.4, 0.5) is 5.69 Å². The van der Waals surface area contributed by atoms with Gasteiger partial charge in [0, 0.05) is 23.3 Å². The number of hydrogen-bond acceptors (Lipinski definition) is 7. The predicted octanol–water partition coefficient (Wildman–Crippen LogP) is 4.46. The molecule has 1 aromatic heterocycles. The van der Waals surface area contributed by atoms with Crippen LogP contribution in [0.3, 0.4) is 0 Å². The second kappa shape index (κ2) is 10.8. The number of nitro benzene ring substituents is 1. The molecule has 5 rings (SSSR count). The smallest absolute Gasteiger partial charge is 0.269 e. The number of carbonyl (C=O) groups excluding carboxylic acids is 1. The van der Waals surface area contributed by atoms with Crippen molar-refractivity contribution in [3.05, 3.63) is 135 Å². The van der Waals surface area contributed by atoms with Crippen molar-refractivity contribution in [3.8, 4) is 23.1 Å². The molecule has 0 bridgehead atoms. The molecule has 4 aromatic carbocycles. The summed E-state index contributed by atoms with van der Waals surface area (Å²) in [5, 5.41) is 21.0. The summed E-state index contributed by atoms with van der Waals surface area (Å²) in [5.41, 5.74) is 7.13. The van der Waals surface area contributed by atoms with Crippen molar-refractivity contribution >= 4 is 22.5 Å². The molecular formula is C29H20N6O4. The van der Waals surface area contributed by atoms with Gasteiger partial charge in [-0.1, -0.05) is 54.6 Å². The molecule has 0 aliphatic heterocycles. The highest BCUT2D eigenvalue weighted by molar-refractivity contribution is 5.94. The maximum atomic E-state index is 13.5. The zero-order chi connectivity index (χ0) is 27.4. The molecule has 0 spiro atoms. The summed E-state index contributed by atoms with van der Waals surface area (Å²) >= 11 is 0. The lowest BCUT2D eigenvalue weighted by atomic mass is 10.1. The molecule has 39 heavy (non-hydrogen) atoms. The van der Waals surface area contributed by atoms with E-state index in [9.17, 15) is 25.0 Å². The summed E-state index contributed by atoms with van der Waals surface area (Å²) in [6.45, 7) is 0. The molecule has 0 fully saturated rings. The van der Waals surface area contributed by atoms with E-state index in [1.807, 2.05) is 42.5 Å². The summed E-state index contributed by atoms with van der Waals surface area (Å²) in [5.74, 6) is -0.0634. The number of nitrogens with zero attached hydrogens (tertiary/aromatic N) is 4. The lowest BCUT2D eigenvalue weighted by Crippen LogP contribution is -2.39. The van der Waals surface area contributed by atoms with Crippen LogP contribution in [0.25, 0.3) is 28.0 Å². The van der Waals surface area contributed by atoms with Gasteiger partial charge in [0.1, 0.15) is 11.9 Å². The van der Waals surface area contributed by atoms with Crippen LogP contribution in [-0.2, 0) is 0 Å². The van der Waals surface area contributed by atoms with Gasteiger partial charge in [-0.3, -0.25) is 29.7 Å². The first-order chi connectivity index (χ1) is 19.0. The van der Waals surface area contributed by atoms with Crippen molar-refractivity contribution in [1.82, 2.24) is 20.4 Å². The molecule has 0 radical (unpaired) electrons. The quantitative estimate of drug-likeness (QED) is 0.240. The molecule has 10 nitrogen and oxygen atoms in total. The third kappa shape index (κ3) is 5.11. The second-order valence-corrected chi connectivity index (χ2v) is 8.52. The highest BCUT2D eigenvalue weighted by Gasteiger charge is 2.17. The largest absolute Gasteiger partial charge is 0.286 e. The summed E-state index contributed by atoms with van der Waals surface area (Å²) in [6, 6.07) is 29.4. The van der Waals surface area contributed by atoms with Gasteiger partial charge in [0.05, 0.1) is 27.6 Å². The van der Waals surface area contributed by atoms with Crippen molar-refractivity contribution in [2.24, 2.45) is 0 Å². The molecule has 0 saturated heterocycles. The molecule has 2 N–H and O–H groups in total. The Bertz CT molecular complexity index is 1790. The molecule has 0 aliphatic carbocycles. The van der Waals surface area contributed by atoms with E-state index in [1.165, 1.54) is 22.8 Å². The van der Waals surface area contributed by atoms with E-state index in [-0.39, 0.29) is 16.8 Å². The van der Waals surface area contributed by atoms with Crippen LogP contribution >= 0.6 is 0 Å². The van der Waals surface area contributed by atoms with Gasteiger partial charge in [-0.15, -0.1) is 0 Å². The molecule has 10 heteroatoms. The summed E-state index contributed by atoms with van der Waals surface area (Å²) in [4.78, 5) is 41.5. The Morgan fingerprint density at radius 2 is 1.67 bits per heavy atom. The number of non-ortho nitro benzene ring substituents is 1. The molecule has 0 aliphatic rings. The number of nitriles is 1. The van der Waals surface area contributed by atoms with E-state index in [0.29, 0.717) is 28.0 Å². The Kier molecular flexibility index (Phi) is 6.90. The Labute approximate surface area is 221 Å². The molecule has 1 atom stereocenters. The number of nitrogens with one attached hydrogen (secondary N) is 2. The van der Waals surface area contributed by atoms with Crippen LogP contribution in [0.2, 0.25) is 0 Å². The van der Waals surface area contributed by atoms with Gasteiger partial charge in [-0.05, 0) is 42.0 Å². The second-order valence-electron chi connectivity index (χ2n) is 8.52. The predicted molar refractivity (Wildman–Crippen MR) is 145 cm³/mol. The van der Waals surface area contributed by atoms with E-state index in [1.54, 1.807) is 48.5 Å². The minimum Gasteiger partial charge on any atom is -0.286 e. The first-order valence-electron chi connectivity index (χ1n) is 11.8. The summed E-state index contributed by atoms with van der Waals surface area (Å²) in [7, 11) is 0. The van der Waals surface area contributed by atoms with Crippen molar-refractivity contribution in [3.63, 3.8) is 0 Å². The van der Waals surface area contributed by atoms with Gasteiger partial charge in [-0.2, -0.15) is 5.26 Å². The Morgan fingerprint density at radius 1 is 0.949 bits per heavy atom. The fourth-order valence-electron chi connectivity index (χ4n) is 4.13. The Hall–Kier alpha value is -5.66. The van der Waals surface area contributed by atoms with Gasteiger partial charge in [-0.25, -0.2) is 10.4 Å². The normalized spacial score (nSPS) is 11.5. The Morgan fingerprint density at radius 3 is 2.38 bits per heavy atom. The maximum absolute atomic E-state index is 13.5. The number of rotatable bonds is 7. The molecule has 1 unspecified atom stereocenters. The van der Waals surface area contributed by atoms with Gasteiger partial charge in [0.2, 0.25) is 0 Å². The first-order valence-corrected chi connectivity index (χ1v) is 11.8. The third-order valence-electron chi connectivity index (χ3n) is 6.07. The Balaban J connectivity index is 1.42. The van der Waals surface area contributed by atoms with E-state index in [2.05, 4.69) is 10.9 Å². The molecule has 5 aromatic rings. The lowest BCUT2D eigenvalue weighted by Gasteiger charge is -2.15. The molecule has 190 valence electrons. The number of nitro groups is 1. The average Bonchev–Trinajstić information content (AvgIpc) is 2.98. The monoisotopic (exact) mass is 516 g/mol. The van der Waals surface area contributed by atoms with Crippen LogP contribution < -0.4 is 16.4 Å². The number of para-hydroxylation sites is 1. The number of benzene rings is 4. The zero-order valence-electron chi connectivity index (χ0n) is 20.3. The highest BCUT2D eigenvalue weighted by Crippen LogP contribution is 2.23. The van der Waals surface area contributed by atoms with E-state index < -0.39 is 16.9 Å². The number of carbonyl (C=O) groups is 1. The van der Waals surface area contributed by atoms with Gasteiger partial charge in [0.25, 0.3) is 17.2 Å². The fourth-order valence-corrected chi connectivity index (χ4v) is 4.13. The maximum Gasteiger partial charge on any atom is 0.269 e. The van der Waals surface area contributed by atoms with Crippen LogP contribution in [-0.4, -0.2) is 20.4 Å². The summed E-state index contributed by atoms with van der Waals surface area (Å²) in [6.07, 6.45) is 0. The first kappa shape index (κ1) is 25.0. The fraction of sp³-hybridized carbons (Fsp3) is 0.0345. The lowest BCUT2D eigenvalue weighted by molar-refractivity contribution is -0.384. The number of fused-ring (bicyclic) bond motifs is 1. The van der Waals surface area contributed by atoms with Crippen LogP contribution in [0, 0.1) is 21.4 Å². The van der Waals surface area contributed by atoms with E-state index in [4.69, 9.17) is 4.98 Å². The third-order valence-corrected chi connectivity index (χ3v) is 6.07. The van der Waals surface area contributed by atoms with E-state index >= 15 is 0 Å². The SMILES string of the molecule is N#CC(NNC(=O)c1ccc(-n2c(-c3ccccc3)nc3ccccc3c2=O)cc1)c1cccc([N+](=O)[O-])c1. The summed E-state index contributed by atoms with van der Waals surface area (Å²) < 4.78 is 1.51. The van der Waals surface area contributed by atoms with Crippen molar-refractivity contribution in [1.29, 1.82) is 5.26 Å². The van der Waals surface area contributed by atoms with Crippen LogP contribution in [0.1, 0.15) is 22.0 Å². The van der Waals surface area contributed by atoms with Gasteiger partial charge in [0.15, 0.2) is 0 Å². The minimum atomic E-state index is -1.01. The number of aromatic nitrogens is 2. The van der Waals surface area contributed by atoms with Crippen molar-refractivity contribution in [2.45, 2.75) is 6.04 Å². The highest BCUT2D eigenvalue weighted by atomic mass is 16.6. The number of hydrazine groups is 1. The molecule has 1 amide bonds. The van der Waals surface area contributed by atoms with Crippen molar-refractivity contribution < 1.29 is 9.72 Å². The molecular weight excluding hydrogens is 496 g/mol. The van der Waals surface area contributed by atoms with Crippen LogP contribution in [0.5, 0.6) is 0 Å². The van der Waals surface area contributed by atoms with Gasteiger partial charge < -0.3 is 0 Å².